The van der Waals surface area contributed by atoms with E-state index < -0.39 is 10.0 Å². The Morgan fingerprint density at radius 2 is 2.11 bits per heavy atom. The number of nitrogens with one attached hydrogen (secondary N) is 3. The van der Waals surface area contributed by atoms with Crippen LogP contribution in [0.25, 0.3) is 0 Å². The van der Waals surface area contributed by atoms with E-state index in [4.69, 9.17) is 0 Å². The molecule has 8 heteroatoms. The van der Waals surface area contributed by atoms with E-state index in [1.807, 2.05) is 6.92 Å². The van der Waals surface area contributed by atoms with Crippen LogP contribution in [-0.4, -0.2) is 43.3 Å². The Hall–Kier alpha value is -0.960. The highest BCUT2D eigenvalue weighted by atomic mass is 32.2. The second-order valence-electron chi connectivity index (χ2n) is 4.65. The molecule has 1 aliphatic rings. The number of piperidine rings is 1. The Balaban J connectivity index is 2.08. The zero-order chi connectivity index (χ0) is 13.7. The molecule has 0 aliphatic carbocycles. The summed E-state index contributed by atoms with van der Waals surface area (Å²) in [6.45, 7) is 4.76. The lowest BCUT2D eigenvalue weighted by molar-refractivity contribution is 0.199. The van der Waals surface area contributed by atoms with Gasteiger partial charge in [-0.2, -0.15) is 5.10 Å². The van der Waals surface area contributed by atoms with Gasteiger partial charge in [0.1, 0.15) is 0 Å². The van der Waals surface area contributed by atoms with Gasteiger partial charge in [0.2, 0.25) is 0 Å². The van der Waals surface area contributed by atoms with E-state index in [9.17, 15) is 8.42 Å². The van der Waals surface area contributed by atoms with Crippen molar-refractivity contribution in [2.45, 2.75) is 37.8 Å². The Morgan fingerprint density at radius 3 is 2.79 bits per heavy atom. The summed E-state index contributed by atoms with van der Waals surface area (Å²) in [6.07, 6.45) is 4.76. The van der Waals surface area contributed by atoms with Crippen molar-refractivity contribution < 1.29 is 8.42 Å². The van der Waals surface area contributed by atoms with Crippen molar-refractivity contribution in [3.8, 4) is 0 Å². The van der Waals surface area contributed by atoms with Gasteiger partial charge < -0.3 is 5.32 Å². The molecule has 0 spiro atoms. The molecule has 0 saturated carbocycles. The van der Waals surface area contributed by atoms with Crippen molar-refractivity contribution in [3.63, 3.8) is 0 Å². The van der Waals surface area contributed by atoms with Crippen LogP contribution in [0.5, 0.6) is 0 Å². The highest BCUT2D eigenvalue weighted by molar-refractivity contribution is 7.89. The van der Waals surface area contributed by atoms with Gasteiger partial charge in [-0.3, -0.25) is 5.10 Å². The number of hydrazine groups is 1. The van der Waals surface area contributed by atoms with Gasteiger partial charge in [-0.15, -0.1) is 4.83 Å². The number of hydrogen-bond donors (Lipinski definition) is 3. The second-order valence-corrected chi connectivity index (χ2v) is 6.24. The number of aromatic amines is 1. The standard InChI is InChI=1S/C11H21N5O2S/c1-2-12-8-10-9-13-14-11(10)19(17,18)15-16-6-4-3-5-7-16/h9,12,15H,2-8H2,1H3,(H,13,14). The topological polar surface area (TPSA) is 90.1 Å². The number of hydrogen-bond acceptors (Lipinski definition) is 5. The third kappa shape index (κ3) is 3.75. The quantitative estimate of drug-likeness (QED) is 0.695. The maximum Gasteiger partial charge on any atom is 0.270 e. The molecule has 2 rings (SSSR count). The van der Waals surface area contributed by atoms with Crippen LogP contribution in [0.1, 0.15) is 31.7 Å². The van der Waals surface area contributed by atoms with Crippen LogP contribution in [-0.2, 0) is 16.6 Å². The molecule has 1 fully saturated rings. The lowest BCUT2D eigenvalue weighted by atomic mass is 10.2. The molecule has 0 bridgehead atoms. The van der Waals surface area contributed by atoms with E-state index in [0.29, 0.717) is 12.1 Å². The summed E-state index contributed by atoms with van der Waals surface area (Å²) in [7, 11) is -3.56. The predicted octanol–water partition coefficient (Wildman–Crippen LogP) is 0.198. The number of aromatic nitrogens is 2. The van der Waals surface area contributed by atoms with E-state index >= 15 is 0 Å². The summed E-state index contributed by atoms with van der Waals surface area (Å²) < 4.78 is 24.6. The van der Waals surface area contributed by atoms with Gasteiger partial charge in [0.05, 0.1) is 6.20 Å². The van der Waals surface area contributed by atoms with E-state index in [0.717, 1.165) is 38.9 Å². The smallest absolute Gasteiger partial charge is 0.270 e. The van der Waals surface area contributed by atoms with Gasteiger partial charge in [0.15, 0.2) is 5.03 Å². The Morgan fingerprint density at radius 1 is 1.37 bits per heavy atom. The van der Waals surface area contributed by atoms with Crippen LogP contribution in [0, 0.1) is 0 Å². The number of nitrogens with zero attached hydrogens (tertiary/aromatic N) is 2. The first-order valence-corrected chi connectivity index (χ1v) is 8.12. The number of rotatable bonds is 6. The molecule has 0 radical (unpaired) electrons. The molecular formula is C11H21N5O2S. The van der Waals surface area contributed by atoms with Crippen LogP contribution < -0.4 is 10.1 Å². The molecule has 1 aliphatic heterocycles. The van der Waals surface area contributed by atoms with Gasteiger partial charge in [0.25, 0.3) is 10.0 Å². The fourth-order valence-corrected chi connectivity index (χ4v) is 3.38. The van der Waals surface area contributed by atoms with Crippen LogP contribution in [0.3, 0.4) is 0 Å². The van der Waals surface area contributed by atoms with Crippen LogP contribution in [0.15, 0.2) is 11.2 Å². The molecule has 7 nitrogen and oxygen atoms in total. The minimum atomic E-state index is -3.56. The van der Waals surface area contributed by atoms with Crippen molar-refractivity contribution in [3.05, 3.63) is 11.8 Å². The monoisotopic (exact) mass is 287 g/mol. The lowest BCUT2D eigenvalue weighted by Gasteiger charge is -2.26. The lowest BCUT2D eigenvalue weighted by Crippen LogP contribution is -2.45. The molecule has 1 aromatic heterocycles. The fraction of sp³-hybridized carbons (Fsp3) is 0.727. The van der Waals surface area contributed by atoms with Gasteiger partial charge >= 0.3 is 0 Å². The molecule has 19 heavy (non-hydrogen) atoms. The zero-order valence-electron chi connectivity index (χ0n) is 11.1. The first kappa shape index (κ1) is 14.4. The van der Waals surface area contributed by atoms with Crippen LogP contribution >= 0.6 is 0 Å². The summed E-state index contributed by atoms with van der Waals surface area (Å²) in [6, 6.07) is 0. The summed E-state index contributed by atoms with van der Waals surface area (Å²) >= 11 is 0. The van der Waals surface area contributed by atoms with E-state index in [-0.39, 0.29) is 5.03 Å². The summed E-state index contributed by atoms with van der Waals surface area (Å²) in [4.78, 5) is 2.62. The van der Waals surface area contributed by atoms with Crippen molar-refractivity contribution in [2.75, 3.05) is 19.6 Å². The van der Waals surface area contributed by atoms with Gasteiger partial charge in [-0.05, 0) is 19.4 Å². The SMILES string of the molecule is CCNCc1cn[nH]c1S(=O)(=O)NN1CCCCC1. The van der Waals surface area contributed by atoms with Gasteiger partial charge in [0, 0.05) is 25.2 Å². The highest BCUT2D eigenvalue weighted by Gasteiger charge is 2.24. The van der Waals surface area contributed by atoms with Crippen molar-refractivity contribution in [1.82, 2.24) is 25.4 Å². The van der Waals surface area contributed by atoms with Gasteiger partial charge in [-0.1, -0.05) is 13.3 Å². The van der Waals surface area contributed by atoms with Crippen LogP contribution in [0.4, 0.5) is 0 Å². The summed E-state index contributed by atoms with van der Waals surface area (Å²) in [5.74, 6) is 0. The predicted molar refractivity (Wildman–Crippen MR) is 71.7 cm³/mol. The maximum atomic E-state index is 12.3. The fourth-order valence-electron chi connectivity index (χ4n) is 2.12. The summed E-state index contributed by atoms with van der Waals surface area (Å²) in [5.41, 5.74) is 0.659. The number of H-pyrrole nitrogens is 1. The molecule has 0 aromatic carbocycles. The normalized spacial score (nSPS) is 17.7. The molecule has 0 amide bonds. The molecule has 1 aromatic rings. The number of sulfonamides is 1. The second kappa shape index (κ2) is 6.47. The molecular weight excluding hydrogens is 266 g/mol. The average Bonchev–Trinajstić information content (AvgIpc) is 2.86. The van der Waals surface area contributed by atoms with Crippen molar-refractivity contribution >= 4 is 10.0 Å². The Bertz CT molecular complexity index is 493. The zero-order valence-corrected chi connectivity index (χ0v) is 12.0. The first-order chi connectivity index (χ1) is 9.13. The van der Waals surface area contributed by atoms with E-state index in [2.05, 4.69) is 20.3 Å². The Labute approximate surface area is 113 Å². The first-order valence-electron chi connectivity index (χ1n) is 6.64. The third-order valence-corrected chi connectivity index (χ3v) is 4.51. The summed E-state index contributed by atoms with van der Waals surface area (Å²) in [5, 5.41) is 11.4. The minimum Gasteiger partial charge on any atom is -0.313 e. The molecule has 0 atom stereocenters. The highest BCUT2D eigenvalue weighted by Crippen LogP contribution is 2.14. The largest absolute Gasteiger partial charge is 0.313 e. The molecule has 2 heterocycles. The maximum absolute atomic E-state index is 12.3. The average molecular weight is 287 g/mol. The van der Waals surface area contributed by atoms with E-state index in [1.54, 1.807) is 11.2 Å². The third-order valence-electron chi connectivity index (χ3n) is 3.12. The minimum absolute atomic E-state index is 0.152. The Kier molecular flexibility index (Phi) is 4.92. The van der Waals surface area contributed by atoms with Crippen LogP contribution in [0.2, 0.25) is 0 Å². The van der Waals surface area contributed by atoms with Crippen molar-refractivity contribution in [2.24, 2.45) is 0 Å². The van der Waals surface area contributed by atoms with Gasteiger partial charge in [-0.25, -0.2) is 13.4 Å². The molecule has 1 saturated heterocycles. The molecule has 3 N–H and O–H groups in total. The molecule has 0 unspecified atom stereocenters. The van der Waals surface area contributed by atoms with E-state index in [1.165, 1.54) is 0 Å². The molecule has 108 valence electrons. The van der Waals surface area contributed by atoms with Crippen molar-refractivity contribution in [1.29, 1.82) is 0 Å².